The summed E-state index contributed by atoms with van der Waals surface area (Å²) in [5.41, 5.74) is 0.809. The number of rotatable bonds is 10. The molecule has 23 heavy (non-hydrogen) atoms. The zero-order chi connectivity index (χ0) is 17.1. The first-order chi connectivity index (χ1) is 11.1. The molecular formula is C16H23NO6. The number of carbonyl (C=O) groups excluding carboxylic acids is 1. The first-order valence-electron chi connectivity index (χ1n) is 7.23. The molecule has 0 bridgehead atoms. The summed E-state index contributed by atoms with van der Waals surface area (Å²) in [6, 6.07) is 5.13. The summed E-state index contributed by atoms with van der Waals surface area (Å²) >= 11 is 0. The number of hydrogen-bond donors (Lipinski definition) is 1. The lowest BCUT2D eigenvalue weighted by Crippen LogP contribution is -2.24. The zero-order valence-electron chi connectivity index (χ0n) is 13.7. The van der Waals surface area contributed by atoms with Crippen molar-refractivity contribution in [3.8, 4) is 11.5 Å². The van der Waals surface area contributed by atoms with Crippen LogP contribution in [0.5, 0.6) is 11.5 Å². The molecule has 0 radical (unpaired) electrons. The quantitative estimate of drug-likeness (QED) is 0.300. The van der Waals surface area contributed by atoms with Gasteiger partial charge in [-0.05, 0) is 30.7 Å². The average molecular weight is 325 g/mol. The van der Waals surface area contributed by atoms with Crippen molar-refractivity contribution < 1.29 is 28.8 Å². The Balaban J connectivity index is 2.65. The molecule has 7 heteroatoms. The van der Waals surface area contributed by atoms with Gasteiger partial charge in [-0.15, -0.1) is 0 Å². The second-order valence-electron chi connectivity index (χ2n) is 4.58. The monoisotopic (exact) mass is 325 g/mol. The molecule has 0 aromatic heterocycles. The van der Waals surface area contributed by atoms with E-state index in [1.54, 1.807) is 31.3 Å². The summed E-state index contributed by atoms with van der Waals surface area (Å²) in [5.74, 6) is 0.264. The van der Waals surface area contributed by atoms with Crippen molar-refractivity contribution in [3.63, 3.8) is 0 Å². The topological polar surface area (TPSA) is 86.6 Å². The molecule has 0 heterocycles. The number of aliphatic hydroxyl groups is 1. The Morgan fingerprint density at radius 3 is 2.74 bits per heavy atom. The highest BCUT2D eigenvalue weighted by molar-refractivity contribution is 5.82. The molecule has 0 amide bonds. The fourth-order valence-corrected chi connectivity index (χ4v) is 1.59. The van der Waals surface area contributed by atoms with Crippen LogP contribution in [0, 0.1) is 0 Å². The van der Waals surface area contributed by atoms with Gasteiger partial charge in [-0.1, -0.05) is 0 Å². The van der Waals surface area contributed by atoms with Crippen molar-refractivity contribution in [2.24, 2.45) is 4.99 Å². The molecule has 1 aromatic carbocycles. The number of nitrogens with zero attached hydrogens (tertiary/aromatic N) is 1. The number of ether oxygens (including phenoxy) is 4. The molecule has 0 aliphatic rings. The molecule has 1 unspecified atom stereocenters. The van der Waals surface area contributed by atoms with Crippen molar-refractivity contribution in [2.75, 3.05) is 40.6 Å². The number of methoxy groups -OCH3 is 2. The van der Waals surface area contributed by atoms with Gasteiger partial charge in [0.25, 0.3) is 0 Å². The number of benzene rings is 1. The number of hydrogen-bond acceptors (Lipinski definition) is 7. The second-order valence-corrected chi connectivity index (χ2v) is 4.58. The van der Waals surface area contributed by atoms with E-state index in [-0.39, 0.29) is 6.61 Å². The third kappa shape index (κ3) is 6.77. The van der Waals surface area contributed by atoms with Crippen molar-refractivity contribution in [1.29, 1.82) is 0 Å². The van der Waals surface area contributed by atoms with Gasteiger partial charge >= 0.3 is 5.97 Å². The predicted octanol–water partition coefficient (Wildman–Crippen LogP) is 1.06. The molecule has 0 spiro atoms. The molecule has 7 nitrogen and oxygen atoms in total. The number of carbonyl (C=O) groups is 1. The normalized spacial score (nSPS) is 12.3. The van der Waals surface area contributed by atoms with Gasteiger partial charge in [-0.2, -0.15) is 0 Å². The molecule has 0 fully saturated rings. The van der Waals surface area contributed by atoms with Gasteiger partial charge in [0.1, 0.15) is 0 Å². The molecule has 1 atom stereocenters. The molecule has 0 saturated heterocycles. The highest BCUT2D eigenvalue weighted by Crippen LogP contribution is 2.28. The Bertz CT molecular complexity index is 517. The third-order valence-electron chi connectivity index (χ3n) is 2.92. The van der Waals surface area contributed by atoms with E-state index < -0.39 is 12.1 Å². The minimum atomic E-state index is -0.653. The van der Waals surface area contributed by atoms with Crippen molar-refractivity contribution >= 4 is 12.2 Å². The lowest BCUT2D eigenvalue weighted by atomic mass is 10.2. The number of aliphatic imine (C=N–C) groups is 1. The minimum absolute atomic E-state index is 0.00276. The van der Waals surface area contributed by atoms with Crippen LogP contribution in [0.4, 0.5) is 0 Å². The van der Waals surface area contributed by atoms with Crippen molar-refractivity contribution in [1.82, 2.24) is 0 Å². The van der Waals surface area contributed by atoms with Gasteiger partial charge < -0.3 is 24.1 Å². The van der Waals surface area contributed by atoms with E-state index in [1.807, 2.05) is 0 Å². The summed E-state index contributed by atoms with van der Waals surface area (Å²) < 4.78 is 20.5. The van der Waals surface area contributed by atoms with Gasteiger partial charge in [-0.25, -0.2) is 4.79 Å². The highest BCUT2D eigenvalue weighted by Gasteiger charge is 2.16. The molecule has 128 valence electrons. The highest BCUT2D eigenvalue weighted by atomic mass is 16.6. The smallest absolute Gasteiger partial charge is 0.340 e. The van der Waals surface area contributed by atoms with Gasteiger partial charge in [0.15, 0.2) is 17.6 Å². The molecule has 1 rings (SSSR count). The van der Waals surface area contributed by atoms with Gasteiger partial charge in [0.05, 0.1) is 33.5 Å². The predicted molar refractivity (Wildman–Crippen MR) is 85.5 cm³/mol. The first kappa shape index (κ1) is 19.1. The summed E-state index contributed by atoms with van der Waals surface area (Å²) in [7, 11) is 2.93. The van der Waals surface area contributed by atoms with E-state index in [1.165, 1.54) is 14.2 Å². The summed E-state index contributed by atoms with van der Waals surface area (Å²) in [6.45, 7) is 2.85. The third-order valence-corrected chi connectivity index (χ3v) is 2.92. The van der Waals surface area contributed by atoms with E-state index in [4.69, 9.17) is 24.1 Å². The average Bonchev–Trinajstić information content (AvgIpc) is 2.58. The maximum absolute atomic E-state index is 11.7. The zero-order valence-corrected chi connectivity index (χ0v) is 13.7. The van der Waals surface area contributed by atoms with E-state index in [9.17, 15) is 4.79 Å². The molecule has 1 N–H and O–H groups in total. The number of aliphatic hydroxyl groups excluding tert-OH is 1. The van der Waals surface area contributed by atoms with E-state index >= 15 is 0 Å². The van der Waals surface area contributed by atoms with Crippen LogP contribution in [0.3, 0.4) is 0 Å². The Labute approximate surface area is 135 Å². The Morgan fingerprint density at radius 2 is 2.09 bits per heavy atom. The van der Waals surface area contributed by atoms with Crippen LogP contribution in [0.25, 0.3) is 0 Å². The van der Waals surface area contributed by atoms with E-state index in [0.29, 0.717) is 31.3 Å². The Hall–Kier alpha value is -1.96. The molecule has 0 aliphatic carbocycles. The fraction of sp³-hybridized carbons (Fsp3) is 0.500. The first-order valence-corrected chi connectivity index (χ1v) is 7.23. The van der Waals surface area contributed by atoms with Gasteiger partial charge in [-0.3, -0.25) is 4.99 Å². The Morgan fingerprint density at radius 1 is 1.30 bits per heavy atom. The van der Waals surface area contributed by atoms with E-state index in [0.717, 1.165) is 5.56 Å². The SMILES string of the molecule is COc1cc(/C=N/CCOCCO)ccc1OC(=O)C(C)OC. The maximum Gasteiger partial charge on any atom is 0.340 e. The van der Waals surface area contributed by atoms with Crippen LogP contribution in [0.15, 0.2) is 23.2 Å². The number of esters is 1. The van der Waals surface area contributed by atoms with Crippen LogP contribution < -0.4 is 9.47 Å². The summed E-state index contributed by atoms with van der Waals surface area (Å²) in [5, 5.41) is 8.58. The second kappa shape index (κ2) is 10.7. The summed E-state index contributed by atoms with van der Waals surface area (Å²) in [6.07, 6.45) is 1.02. The van der Waals surface area contributed by atoms with E-state index in [2.05, 4.69) is 4.99 Å². The van der Waals surface area contributed by atoms with Gasteiger partial charge in [0.2, 0.25) is 0 Å². The summed E-state index contributed by atoms with van der Waals surface area (Å²) in [4.78, 5) is 15.9. The maximum atomic E-state index is 11.7. The van der Waals surface area contributed by atoms with Crippen LogP contribution in [-0.2, 0) is 14.3 Å². The largest absolute Gasteiger partial charge is 0.493 e. The fourth-order valence-electron chi connectivity index (χ4n) is 1.59. The molecular weight excluding hydrogens is 302 g/mol. The Kier molecular flexibility index (Phi) is 8.89. The van der Waals surface area contributed by atoms with Crippen LogP contribution in [-0.4, -0.2) is 64.0 Å². The molecule has 1 aromatic rings. The molecule has 0 aliphatic heterocycles. The minimum Gasteiger partial charge on any atom is -0.493 e. The van der Waals surface area contributed by atoms with Crippen LogP contribution >= 0.6 is 0 Å². The van der Waals surface area contributed by atoms with Crippen molar-refractivity contribution in [3.05, 3.63) is 23.8 Å². The lowest BCUT2D eigenvalue weighted by molar-refractivity contribution is -0.144. The van der Waals surface area contributed by atoms with Crippen LogP contribution in [0.1, 0.15) is 12.5 Å². The van der Waals surface area contributed by atoms with Crippen molar-refractivity contribution in [2.45, 2.75) is 13.0 Å². The standard InChI is InChI=1S/C16H23NO6/c1-12(20-2)16(19)23-14-5-4-13(10-15(14)21-3)11-17-6-8-22-9-7-18/h4-5,10-12,18H,6-9H2,1-3H3/b17-11+. The van der Waals surface area contributed by atoms with Gasteiger partial charge in [0, 0.05) is 13.3 Å². The molecule has 0 saturated carbocycles. The van der Waals surface area contributed by atoms with Crippen LogP contribution in [0.2, 0.25) is 0 Å². The lowest BCUT2D eigenvalue weighted by Gasteiger charge is -2.12.